The third kappa shape index (κ3) is 7.77. The highest BCUT2D eigenvalue weighted by Gasteiger charge is 2.18. The maximum Gasteiger partial charge on any atom is 0.0746 e. The van der Waals surface area contributed by atoms with E-state index in [2.05, 4.69) is 26.1 Å². The third-order valence-electron chi connectivity index (χ3n) is 2.64. The maximum atomic E-state index is 5.37. The van der Waals surface area contributed by atoms with E-state index in [-0.39, 0.29) is 5.60 Å². The topological polar surface area (TPSA) is 30.5 Å². The van der Waals surface area contributed by atoms with Crippen molar-refractivity contribution in [3.05, 3.63) is 0 Å². The van der Waals surface area contributed by atoms with Crippen molar-refractivity contribution in [2.45, 2.75) is 51.7 Å². The van der Waals surface area contributed by atoms with Crippen molar-refractivity contribution in [3.8, 4) is 0 Å². The van der Waals surface area contributed by atoms with Crippen molar-refractivity contribution in [2.24, 2.45) is 0 Å². The first kappa shape index (κ1) is 14.9. The highest BCUT2D eigenvalue weighted by Crippen LogP contribution is 2.07. The normalized spacial score (nSPS) is 14.2. The zero-order valence-electron chi connectivity index (χ0n) is 10.9. The molecule has 0 spiro atoms. The summed E-state index contributed by atoms with van der Waals surface area (Å²) < 4.78 is 10.6. The van der Waals surface area contributed by atoms with Gasteiger partial charge in [0.15, 0.2) is 0 Å². The first-order valence-electron chi connectivity index (χ1n) is 5.83. The second kappa shape index (κ2) is 8.08. The van der Waals surface area contributed by atoms with Crippen molar-refractivity contribution in [2.75, 3.05) is 27.4 Å². The molecule has 92 valence electrons. The predicted octanol–water partition coefficient (Wildman–Crippen LogP) is 2.21. The molecule has 0 saturated carbocycles. The highest BCUT2D eigenvalue weighted by atomic mass is 16.5. The maximum absolute atomic E-state index is 5.37. The molecule has 0 saturated heterocycles. The van der Waals surface area contributed by atoms with E-state index in [0.29, 0.717) is 6.04 Å². The molecule has 0 fully saturated rings. The summed E-state index contributed by atoms with van der Waals surface area (Å²) in [7, 11) is 3.50. The van der Waals surface area contributed by atoms with E-state index in [4.69, 9.17) is 9.47 Å². The lowest BCUT2D eigenvalue weighted by molar-refractivity contribution is 0.0179. The molecule has 1 atom stereocenters. The van der Waals surface area contributed by atoms with Gasteiger partial charge in [0, 0.05) is 26.8 Å². The van der Waals surface area contributed by atoms with Crippen LogP contribution in [-0.4, -0.2) is 39.0 Å². The average molecular weight is 217 g/mol. The molecule has 1 N–H and O–H groups in total. The minimum atomic E-state index is -0.0990. The Hall–Kier alpha value is -0.120. The largest absolute Gasteiger partial charge is 0.383 e. The average Bonchev–Trinajstić information content (AvgIpc) is 2.22. The minimum absolute atomic E-state index is 0.0990. The first-order valence-corrected chi connectivity index (χ1v) is 5.83. The smallest absolute Gasteiger partial charge is 0.0746 e. The van der Waals surface area contributed by atoms with Crippen LogP contribution < -0.4 is 5.32 Å². The summed E-state index contributed by atoms with van der Waals surface area (Å²) >= 11 is 0. The molecule has 3 heteroatoms. The Labute approximate surface area is 94.5 Å². The van der Waals surface area contributed by atoms with E-state index in [1.165, 1.54) is 19.3 Å². The summed E-state index contributed by atoms with van der Waals surface area (Å²) in [4.78, 5) is 0. The van der Waals surface area contributed by atoms with Crippen LogP contribution in [0.3, 0.4) is 0 Å². The molecule has 0 aliphatic rings. The molecule has 1 unspecified atom stereocenters. The van der Waals surface area contributed by atoms with Crippen molar-refractivity contribution in [1.82, 2.24) is 5.32 Å². The Balaban J connectivity index is 3.83. The van der Waals surface area contributed by atoms with Crippen LogP contribution in [0.25, 0.3) is 0 Å². The third-order valence-corrected chi connectivity index (χ3v) is 2.64. The summed E-state index contributed by atoms with van der Waals surface area (Å²) in [5.41, 5.74) is -0.0990. The fraction of sp³-hybridized carbons (Fsp3) is 1.00. The van der Waals surface area contributed by atoms with Gasteiger partial charge in [-0.1, -0.05) is 19.8 Å². The second-order valence-electron chi connectivity index (χ2n) is 4.64. The zero-order chi connectivity index (χ0) is 11.7. The number of unbranched alkanes of at least 4 members (excludes halogenated alkanes) is 1. The Morgan fingerprint density at radius 1 is 1.27 bits per heavy atom. The van der Waals surface area contributed by atoms with Crippen molar-refractivity contribution in [3.63, 3.8) is 0 Å². The van der Waals surface area contributed by atoms with Gasteiger partial charge in [-0.15, -0.1) is 0 Å². The van der Waals surface area contributed by atoms with Gasteiger partial charge in [0.05, 0.1) is 12.2 Å². The summed E-state index contributed by atoms with van der Waals surface area (Å²) in [5, 5.41) is 3.50. The predicted molar refractivity (Wildman–Crippen MR) is 64.3 cm³/mol. The number of hydrogen-bond acceptors (Lipinski definition) is 3. The van der Waals surface area contributed by atoms with Crippen LogP contribution >= 0.6 is 0 Å². The van der Waals surface area contributed by atoms with Gasteiger partial charge < -0.3 is 14.8 Å². The van der Waals surface area contributed by atoms with Crippen molar-refractivity contribution < 1.29 is 9.47 Å². The monoisotopic (exact) mass is 217 g/mol. The standard InChI is InChI=1S/C12H27NO2/c1-6-7-8-11(9-14-4)13-10-12(2,3)15-5/h11,13H,6-10H2,1-5H3. The summed E-state index contributed by atoms with van der Waals surface area (Å²) in [6.07, 6.45) is 3.65. The van der Waals surface area contributed by atoms with E-state index < -0.39 is 0 Å². The molecular formula is C12H27NO2. The van der Waals surface area contributed by atoms with Crippen LogP contribution in [-0.2, 0) is 9.47 Å². The molecule has 0 amide bonds. The molecule has 0 radical (unpaired) electrons. The molecule has 15 heavy (non-hydrogen) atoms. The molecule has 0 aromatic heterocycles. The number of hydrogen-bond donors (Lipinski definition) is 1. The van der Waals surface area contributed by atoms with Crippen LogP contribution in [0, 0.1) is 0 Å². The quantitative estimate of drug-likeness (QED) is 0.642. The lowest BCUT2D eigenvalue weighted by atomic mass is 10.1. The first-order chi connectivity index (χ1) is 7.05. The molecule has 0 rings (SSSR count). The van der Waals surface area contributed by atoms with E-state index in [1.54, 1.807) is 14.2 Å². The highest BCUT2D eigenvalue weighted by molar-refractivity contribution is 4.75. The molecule has 3 nitrogen and oxygen atoms in total. The molecule has 0 aromatic rings. The summed E-state index contributed by atoms with van der Waals surface area (Å²) in [6, 6.07) is 0.448. The van der Waals surface area contributed by atoms with E-state index in [0.717, 1.165) is 13.2 Å². The Morgan fingerprint density at radius 2 is 1.93 bits per heavy atom. The van der Waals surface area contributed by atoms with Gasteiger partial charge in [0.25, 0.3) is 0 Å². The van der Waals surface area contributed by atoms with Crippen LogP contribution in [0.2, 0.25) is 0 Å². The van der Waals surface area contributed by atoms with E-state index in [9.17, 15) is 0 Å². The van der Waals surface area contributed by atoms with E-state index >= 15 is 0 Å². The Morgan fingerprint density at radius 3 is 2.40 bits per heavy atom. The SMILES string of the molecule is CCCCC(COC)NCC(C)(C)OC. The lowest BCUT2D eigenvalue weighted by Gasteiger charge is -2.27. The Kier molecular flexibility index (Phi) is 8.02. The fourth-order valence-corrected chi connectivity index (χ4v) is 1.36. The van der Waals surface area contributed by atoms with E-state index in [1.807, 2.05) is 0 Å². The number of ether oxygens (including phenoxy) is 2. The van der Waals surface area contributed by atoms with Crippen LogP contribution in [0.5, 0.6) is 0 Å². The summed E-state index contributed by atoms with van der Waals surface area (Å²) in [5.74, 6) is 0. The molecular weight excluding hydrogens is 190 g/mol. The van der Waals surface area contributed by atoms with Gasteiger partial charge in [0.1, 0.15) is 0 Å². The van der Waals surface area contributed by atoms with Gasteiger partial charge in [-0.3, -0.25) is 0 Å². The molecule has 0 heterocycles. The molecule has 0 aliphatic heterocycles. The van der Waals surface area contributed by atoms with Crippen molar-refractivity contribution in [1.29, 1.82) is 0 Å². The molecule has 0 aliphatic carbocycles. The number of methoxy groups -OCH3 is 2. The minimum Gasteiger partial charge on any atom is -0.383 e. The molecule has 0 aromatic carbocycles. The zero-order valence-corrected chi connectivity index (χ0v) is 10.9. The lowest BCUT2D eigenvalue weighted by Crippen LogP contribution is -2.43. The van der Waals surface area contributed by atoms with Gasteiger partial charge in [-0.25, -0.2) is 0 Å². The van der Waals surface area contributed by atoms with Crippen LogP contribution in [0.4, 0.5) is 0 Å². The van der Waals surface area contributed by atoms with Gasteiger partial charge in [0.2, 0.25) is 0 Å². The van der Waals surface area contributed by atoms with Crippen molar-refractivity contribution >= 4 is 0 Å². The van der Waals surface area contributed by atoms with Crippen LogP contribution in [0.15, 0.2) is 0 Å². The summed E-state index contributed by atoms with van der Waals surface area (Å²) in [6.45, 7) is 8.03. The second-order valence-corrected chi connectivity index (χ2v) is 4.64. The van der Waals surface area contributed by atoms with Gasteiger partial charge >= 0.3 is 0 Å². The molecule has 0 bridgehead atoms. The Bertz CT molecular complexity index is 149. The van der Waals surface area contributed by atoms with Crippen LogP contribution in [0.1, 0.15) is 40.0 Å². The number of nitrogens with one attached hydrogen (secondary N) is 1. The van der Waals surface area contributed by atoms with Gasteiger partial charge in [-0.05, 0) is 20.3 Å². The van der Waals surface area contributed by atoms with Gasteiger partial charge in [-0.2, -0.15) is 0 Å². The fourth-order valence-electron chi connectivity index (χ4n) is 1.36. The number of rotatable bonds is 9.